The highest BCUT2D eigenvalue weighted by molar-refractivity contribution is 14.0. The van der Waals surface area contributed by atoms with Crippen LogP contribution in [0, 0.1) is 0 Å². The number of sulfone groups is 1. The van der Waals surface area contributed by atoms with Gasteiger partial charge < -0.3 is 11.1 Å². The number of nitrogens with one attached hydrogen (secondary N) is 1. The minimum Gasteiger partial charge on any atom is -0.370 e. The van der Waals surface area contributed by atoms with E-state index in [1.54, 1.807) is 12.1 Å². The fourth-order valence-corrected chi connectivity index (χ4v) is 3.52. The van der Waals surface area contributed by atoms with Crippen molar-refractivity contribution in [3.63, 3.8) is 0 Å². The summed E-state index contributed by atoms with van der Waals surface area (Å²) in [4.78, 5) is 4.73. The molecule has 0 unspecified atom stereocenters. The maximum absolute atomic E-state index is 11.4. The Morgan fingerprint density at radius 3 is 2.29 bits per heavy atom. The Morgan fingerprint density at radius 1 is 1.17 bits per heavy atom. The lowest BCUT2D eigenvalue weighted by Gasteiger charge is -2.16. The van der Waals surface area contributed by atoms with Crippen LogP contribution in [0.1, 0.15) is 44.1 Å². The SMILES string of the molecule is CS(=O)(=O)c1ccc(CCN=C(N)NC2CCCCCC2)cc1.I. The van der Waals surface area contributed by atoms with Crippen LogP contribution in [-0.4, -0.2) is 33.2 Å². The number of halogens is 1. The molecule has 0 amide bonds. The van der Waals surface area contributed by atoms with Gasteiger partial charge in [-0.3, -0.25) is 4.99 Å². The lowest BCUT2D eigenvalue weighted by Crippen LogP contribution is -2.40. The zero-order chi connectivity index (χ0) is 16.7. The zero-order valence-electron chi connectivity index (χ0n) is 14.2. The Balaban J connectivity index is 0.00000288. The van der Waals surface area contributed by atoms with Crippen LogP contribution in [0.3, 0.4) is 0 Å². The van der Waals surface area contributed by atoms with Crippen molar-refractivity contribution in [3.05, 3.63) is 29.8 Å². The Labute approximate surface area is 162 Å². The molecular weight excluding hydrogens is 437 g/mol. The molecule has 1 aliphatic rings. The van der Waals surface area contributed by atoms with Crippen molar-refractivity contribution in [3.8, 4) is 0 Å². The van der Waals surface area contributed by atoms with Gasteiger partial charge in [0.25, 0.3) is 0 Å². The first-order chi connectivity index (χ1) is 10.9. The number of rotatable bonds is 5. The van der Waals surface area contributed by atoms with Crippen molar-refractivity contribution < 1.29 is 8.42 Å². The molecule has 0 aliphatic heterocycles. The van der Waals surface area contributed by atoms with E-state index in [0.29, 0.717) is 23.4 Å². The number of guanidine groups is 1. The molecule has 24 heavy (non-hydrogen) atoms. The molecule has 1 aromatic carbocycles. The molecule has 0 atom stereocenters. The average Bonchev–Trinajstić information content (AvgIpc) is 2.75. The van der Waals surface area contributed by atoms with E-state index in [2.05, 4.69) is 10.3 Å². The minimum atomic E-state index is -3.13. The van der Waals surface area contributed by atoms with Crippen molar-refractivity contribution in [1.29, 1.82) is 0 Å². The number of aliphatic imine (C=N–C) groups is 1. The summed E-state index contributed by atoms with van der Waals surface area (Å²) in [5, 5.41) is 3.32. The average molecular weight is 465 g/mol. The quantitative estimate of drug-likeness (QED) is 0.303. The monoisotopic (exact) mass is 465 g/mol. The lowest BCUT2D eigenvalue weighted by molar-refractivity contribution is 0.530. The molecule has 1 aliphatic carbocycles. The fraction of sp³-hybridized carbons (Fsp3) is 0.588. The van der Waals surface area contributed by atoms with Gasteiger partial charge >= 0.3 is 0 Å². The molecule has 0 radical (unpaired) electrons. The second-order valence-electron chi connectivity index (χ2n) is 6.27. The van der Waals surface area contributed by atoms with Gasteiger partial charge in [0.15, 0.2) is 15.8 Å². The topological polar surface area (TPSA) is 84.5 Å². The summed E-state index contributed by atoms with van der Waals surface area (Å²) in [5.74, 6) is 0.518. The van der Waals surface area contributed by atoms with Gasteiger partial charge in [-0.05, 0) is 37.0 Å². The first kappa shape index (κ1) is 21.2. The van der Waals surface area contributed by atoms with E-state index in [9.17, 15) is 8.42 Å². The van der Waals surface area contributed by atoms with Gasteiger partial charge in [0.2, 0.25) is 0 Å². The Bertz CT molecular complexity index is 622. The highest BCUT2D eigenvalue weighted by atomic mass is 127. The predicted octanol–water partition coefficient (Wildman–Crippen LogP) is 2.88. The second-order valence-corrected chi connectivity index (χ2v) is 8.28. The molecule has 1 aromatic rings. The van der Waals surface area contributed by atoms with E-state index in [0.717, 1.165) is 12.0 Å². The predicted molar refractivity (Wildman–Crippen MR) is 110 cm³/mol. The largest absolute Gasteiger partial charge is 0.370 e. The van der Waals surface area contributed by atoms with E-state index in [-0.39, 0.29) is 24.0 Å². The van der Waals surface area contributed by atoms with Crippen molar-refractivity contribution in [2.24, 2.45) is 10.7 Å². The maximum Gasteiger partial charge on any atom is 0.188 e. The molecular formula is C17H28IN3O2S. The Morgan fingerprint density at radius 2 is 1.75 bits per heavy atom. The van der Waals surface area contributed by atoms with Gasteiger partial charge in [-0.1, -0.05) is 37.8 Å². The summed E-state index contributed by atoms with van der Waals surface area (Å²) in [5.41, 5.74) is 7.02. The van der Waals surface area contributed by atoms with Gasteiger partial charge in [-0.25, -0.2) is 8.42 Å². The lowest BCUT2D eigenvalue weighted by atomic mass is 10.1. The molecule has 2 rings (SSSR count). The molecule has 1 fully saturated rings. The first-order valence-corrected chi connectivity index (χ1v) is 10.2. The number of nitrogens with zero attached hydrogens (tertiary/aromatic N) is 1. The van der Waals surface area contributed by atoms with Crippen LogP contribution in [0.25, 0.3) is 0 Å². The zero-order valence-corrected chi connectivity index (χ0v) is 17.3. The highest BCUT2D eigenvalue weighted by Crippen LogP contribution is 2.17. The molecule has 0 heterocycles. The number of hydrogen-bond acceptors (Lipinski definition) is 3. The van der Waals surface area contributed by atoms with Crippen molar-refractivity contribution >= 4 is 39.8 Å². The highest BCUT2D eigenvalue weighted by Gasteiger charge is 2.12. The first-order valence-electron chi connectivity index (χ1n) is 8.30. The minimum absolute atomic E-state index is 0. The fourth-order valence-electron chi connectivity index (χ4n) is 2.89. The van der Waals surface area contributed by atoms with Gasteiger partial charge in [-0.2, -0.15) is 0 Å². The smallest absolute Gasteiger partial charge is 0.188 e. The number of benzene rings is 1. The Kier molecular flexibility index (Phi) is 9.04. The van der Waals surface area contributed by atoms with Gasteiger partial charge in [0.1, 0.15) is 0 Å². The standard InChI is InChI=1S/C17H27N3O2S.HI/c1-23(21,22)16-10-8-14(9-11-16)12-13-19-17(18)20-15-6-4-2-3-5-7-15;/h8-11,15H,2-7,12-13H2,1H3,(H3,18,19,20);1H. The number of hydrogen-bond donors (Lipinski definition) is 2. The third kappa shape index (κ3) is 7.38. The summed E-state index contributed by atoms with van der Waals surface area (Å²) in [7, 11) is -3.13. The summed E-state index contributed by atoms with van der Waals surface area (Å²) >= 11 is 0. The number of nitrogens with two attached hydrogens (primary N) is 1. The normalized spacial score (nSPS) is 17.0. The van der Waals surface area contributed by atoms with Crippen molar-refractivity contribution in [1.82, 2.24) is 5.32 Å². The molecule has 136 valence electrons. The van der Waals surface area contributed by atoms with Crippen LogP contribution >= 0.6 is 24.0 Å². The molecule has 0 aromatic heterocycles. The molecule has 5 nitrogen and oxygen atoms in total. The van der Waals surface area contributed by atoms with E-state index in [1.807, 2.05) is 12.1 Å². The van der Waals surface area contributed by atoms with Gasteiger partial charge in [0.05, 0.1) is 4.90 Å². The molecule has 0 bridgehead atoms. The van der Waals surface area contributed by atoms with Gasteiger partial charge in [-0.15, -0.1) is 24.0 Å². The third-order valence-electron chi connectivity index (χ3n) is 4.24. The molecule has 0 spiro atoms. The van der Waals surface area contributed by atoms with Crippen molar-refractivity contribution in [2.75, 3.05) is 12.8 Å². The van der Waals surface area contributed by atoms with E-state index >= 15 is 0 Å². The second kappa shape index (κ2) is 10.2. The van der Waals surface area contributed by atoms with Crippen LogP contribution < -0.4 is 11.1 Å². The van der Waals surface area contributed by atoms with Crippen LogP contribution in [-0.2, 0) is 16.3 Å². The summed E-state index contributed by atoms with van der Waals surface area (Å²) in [6, 6.07) is 7.40. The third-order valence-corrected chi connectivity index (χ3v) is 5.37. The van der Waals surface area contributed by atoms with Crippen LogP contribution in [0.15, 0.2) is 34.2 Å². The van der Waals surface area contributed by atoms with Crippen LogP contribution in [0.4, 0.5) is 0 Å². The summed E-state index contributed by atoms with van der Waals surface area (Å²) in [6.45, 7) is 0.601. The molecule has 7 heteroatoms. The van der Waals surface area contributed by atoms with Crippen LogP contribution in [0.2, 0.25) is 0 Å². The van der Waals surface area contributed by atoms with Crippen LogP contribution in [0.5, 0.6) is 0 Å². The van der Waals surface area contributed by atoms with Gasteiger partial charge in [0, 0.05) is 18.8 Å². The summed E-state index contributed by atoms with van der Waals surface area (Å²) in [6.07, 6.45) is 9.46. The van der Waals surface area contributed by atoms with Crippen molar-refractivity contribution in [2.45, 2.75) is 55.9 Å². The summed E-state index contributed by atoms with van der Waals surface area (Å²) < 4.78 is 22.8. The van der Waals surface area contributed by atoms with E-state index in [1.165, 1.54) is 44.8 Å². The van der Waals surface area contributed by atoms with E-state index in [4.69, 9.17) is 5.73 Å². The molecule has 3 N–H and O–H groups in total. The van der Waals surface area contributed by atoms with E-state index < -0.39 is 9.84 Å². The molecule has 1 saturated carbocycles. The Hall–Kier alpha value is -0.830. The molecule has 0 saturated heterocycles. The maximum atomic E-state index is 11.4.